The molecule has 2 rings (SSSR count). The highest BCUT2D eigenvalue weighted by Crippen LogP contribution is 2.21. The van der Waals surface area contributed by atoms with Crippen LogP contribution in [-0.4, -0.2) is 24.7 Å². The van der Waals surface area contributed by atoms with E-state index in [4.69, 9.17) is 0 Å². The van der Waals surface area contributed by atoms with Crippen LogP contribution in [-0.2, 0) is 30.2 Å². The van der Waals surface area contributed by atoms with Crippen LogP contribution < -0.4 is 10.0 Å². The van der Waals surface area contributed by atoms with Crippen molar-refractivity contribution in [2.24, 2.45) is 7.05 Å². The van der Waals surface area contributed by atoms with Crippen molar-refractivity contribution in [3.05, 3.63) is 35.0 Å². The van der Waals surface area contributed by atoms with Gasteiger partial charge in [0.25, 0.3) is 0 Å². The Morgan fingerprint density at radius 2 is 2.15 bits per heavy atom. The molecule has 0 aliphatic carbocycles. The first-order valence-corrected chi connectivity index (χ1v) is 8.58. The number of hydrogen-bond donors (Lipinski definition) is 2. The molecule has 0 amide bonds. The molecule has 0 saturated carbocycles. The van der Waals surface area contributed by atoms with Crippen LogP contribution in [0.1, 0.15) is 17.4 Å². The van der Waals surface area contributed by atoms with Gasteiger partial charge in [-0.05, 0) is 18.7 Å². The van der Waals surface area contributed by atoms with Gasteiger partial charge in [0.15, 0.2) is 0 Å². The number of aromatic nitrogens is 2. The first kappa shape index (κ1) is 15.2. The molecule has 2 aromatic heterocycles. The van der Waals surface area contributed by atoms with Crippen molar-refractivity contribution in [1.29, 1.82) is 0 Å². The van der Waals surface area contributed by atoms with E-state index in [1.807, 2.05) is 13.0 Å². The van der Waals surface area contributed by atoms with Gasteiger partial charge in [-0.15, -0.1) is 11.3 Å². The monoisotopic (exact) mass is 314 g/mol. The first-order valence-electron chi connectivity index (χ1n) is 6.28. The number of aryl methyl sites for hydroxylation is 1. The van der Waals surface area contributed by atoms with Crippen molar-refractivity contribution in [2.75, 3.05) is 6.54 Å². The Morgan fingerprint density at radius 3 is 2.80 bits per heavy atom. The van der Waals surface area contributed by atoms with E-state index in [2.05, 4.69) is 15.1 Å². The summed E-state index contributed by atoms with van der Waals surface area (Å²) in [5.74, 6) is 0. The molecule has 6 nitrogen and oxygen atoms in total. The topological polar surface area (TPSA) is 76.0 Å². The van der Waals surface area contributed by atoms with Crippen LogP contribution in [0.4, 0.5) is 0 Å². The third-order valence-corrected chi connectivity index (χ3v) is 5.65. The standard InChI is InChI=1S/C12H18N4O2S2/c1-3-13-8-11-4-5-12(19-11)20(17,18)15-7-10-6-14-16(2)9-10/h4-6,9,13,15H,3,7-8H2,1-2H3. The summed E-state index contributed by atoms with van der Waals surface area (Å²) in [6, 6.07) is 3.48. The molecule has 0 aromatic carbocycles. The fraction of sp³-hybridized carbons (Fsp3) is 0.417. The van der Waals surface area contributed by atoms with Crippen molar-refractivity contribution >= 4 is 21.4 Å². The van der Waals surface area contributed by atoms with Crippen LogP contribution in [0.15, 0.2) is 28.7 Å². The zero-order chi connectivity index (χ0) is 14.6. The van der Waals surface area contributed by atoms with Crippen LogP contribution in [0.5, 0.6) is 0 Å². The molecule has 20 heavy (non-hydrogen) atoms. The van der Waals surface area contributed by atoms with E-state index >= 15 is 0 Å². The van der Waals surface area contributed by atoms with Crippen molar-refractivity contribution in [2.45, 2.75) is 24.2 Å². The maximum atomic E-state index is 12.2. The molecule has 110 valence electrons. The van der Waals surface area contributed by atoms with Crippen molar-refractivity contribution in [3.63, 3.8) is 0 Å². The number of rotatable bonds is 7. The molecular formula is C12H18N4O2S2. The summed E-state index contributed by atoms with van der Waals surface area (Å²) >= 11 is 1.29. The van der Waals surface area contributed by atoms with E-state index in [0.29, 0.717) is 10.8 Å². The normalized spacial score (nSPS) is 11.9. The lowest BCUT2D eigenvalue weighted by atomic mass is 10.4. The lowest BCUT2D eigenvalue weighted by Crippen LogP contribution is -2.22. The number of nitrogens with one attached hydrogen (secondary N) is 2. The molecule has 0 aliphatic rings. The highest BCUT2D eigenvalue weighted by Gasteiger charge is 2.16. The van der Waals surface area contributed by atoms with Crippen LogP contribution >= 0.6 is 11.3 Å². The van der Waals surface area contributed by atoms with Gasteiger partial charge < -0.3 is 5.32 Å². The number of thiophene rings is 1. The summed E-state index contributed by atoms with van der Waals surface area (Å²) < 4.78 is 28.9. The predicted octanol–water partition coefficient (Wildman–Crippen LogP) is 1.07. The molecule has 0 radical (unpaired) electrons. The van der Waals surface area contributed by atoms with E-state index in [1.165, 1.54) is 11.3 Å². The second-order valence-corrected chi connectivity index (χ2v) is 7.51. The lowest BCUT2D eigenvalue weighted by molar-refractivity contribution is 0.583. The van der Waals surface area contributed by atoms with Gasteiger partial charge in [-0.1, -0.05) is 6.92 Å². The minimum absolute atomic E-state index is 0.247. The van der Waals surface area contributed by atoms with E-state index in [1.54, 1.807) is 30.2 Å². The minimum Gasteiger partial charge on any atom is -0.312 e. The van der Waals surface area contributed by atoms with Gasteiger partial charge in [-0.2, -0.15) is 5.10 Å². The molecule has 0 atom stereocenters. The van der Waals surface area contributed by atoms with Crippen molar-refractivity contribution in [3.8, 4) is 0 Å². The van der Waals surface area contributed by atoms with Crippen molar-refractivity contribution in [1.82, 2.24) is 19.8 Å². The van der Waals surface area contributed by atoms with Gasteiger partial charge in [0.05, 0.1) is 6.20 Å². The predicted molar refractivity (Wildman–Crippen MR) is 78.9 cm³/mol. The van der Waals surface area contributed by atoms with E-state index in [-0.39, 0.29) is 6.54 Å². The molecular weight excluding hydrogens is 296 g/mol. The summed E-state index contributed by atoms with van der Waals surface area (Å²) in [6.07, 6.45) is 3.43. The molecule has 0 spiro atoms. The highest BCUT2D eigenvalue weighted by atomic mass is 32.2. The molecule has 2 N–H and O–H groups in total. The second-order valence-electron chi connectivity index (χ2n) is 4.35. The molecule has 0 fully saturated rings. The Hall–Kier alpha value is -1.22. The van der Waals surface area contributed by atoms with E-state index in [0.717, 1.165) is 17.0 Å². The molecule has 0 bridgehead atoms. The quantitative estimate of drug-likeness (QED) is 0.801. The molecule has 2 aromatic rings. The molecule has 0 unspecified atom stereocenters. The minimum atomic E-state index is -3.45. The average molecular weight is 314 g/mol. The third kappa shape index (κ3) is 3.89. The van der Waals surface area contributed by atoms with Gasteiger partial charge in [0.2, 0.25) is 10.0 Å². The van der Waals surface area contributed by atoms with Gasteiger partial charge in [-0.3, -0.25) is 4.68 Å². The molecule has 2 heterocycles. The first-order chi connectivity index (χ1) is 9.51. The Balaban J connectivity index is 2.00. The Kier molecular flexibility index (Phi) is 4.92. The fourth-order valence-electron chi connectivity index (χ4n) is 1.66. The molecule has 0 saturated heterocycles. The summed E-state index contributed by atoms with van der Waals surface area (Å²) in [6.45, 7) is 3.82. The smallest absolute Gasteiger partial charge is 0.250 e. The number of sulfonamides is 1. The van der Waals surface area contributed by atoms with Gasteiger partial charge in [-0.25, -0.2) is 13.1 Å². The molecule has 8 heteroatoms. The maximum absolute atomic E-state index is 12.2. The maximum Gasteiger partial charge on any atom is 0.250 e. The van der Waals surface area contributed by atoms with E-state index < -0.39 is 10.0 Å². The number of nitrogens with zero attached hydrogens (tertiary/aromatic N) is 2. The van der Waals surface area contributed by atoms with E-state index in [9.17, 15) is 8.42 Å². The summed E-state index contributed by atoms with van der Waals surface area (Å²) in [4.78, 5) is 1.01. The summed E-state index contributed by atoms with van der Waals surface area (Å²) in [7, 11) is -1.65. The van der Waals surface area contributed by atoms with Crippen LogP contribution in [0.25, 0.3) is 0 Å². The summed E-state index contributed by atoms with van der Waals surface area (Å²) in [5, 5.41) is 7.18. The van der Waals surface area contributed by atoms with Gasteiger partial charge in [0, 0.05) is 36.8 Å². The lowest BCUT2D eigenvalue weighted by Gasteiger charge is -2.02. The average Bonchev–Trinajstić information content (AvgIpc) is 3.03. The SMILES string of the molecule is CCNCc1ccc(S(=O)(=O)NCc2cnn(C)c2)s1. The Morgan fingerprint density at radius 1 is 1.35 bits per heavy atom. The number of hydrogen-bond acceptors (Lipinski definition) is 5. The summed E-state index contributed by atoms with van der Waals surface area (Å²) in [5.41, 5.74) is 0.834. The third-order valence-electron chi connectivity index (χ3n) is 2.68. The Labute approximate surface area is 122 Å². The zero-order valence-corrected chi connectivity index (χ0v) is 13.1. The van der Waals surface area contributed by atoms with Crippen LogP contribution in [0.3, 0.4) is 0 Å². The molecule has 0 aliphatic heterocycles. The van der Waals surface area contributed by atoms with Gasteiger partial charge >= 0.3 is 0 Å². The second kappa shape index (κ2) is 6.49. The fourth-order valence-corrected chi connectivity index (χ4v) is 4.05. The van der Waals surface area contributed by atoms with Crippen LogP contribution in [0.2, 0.25) is 0 Å². The van der Waals surface area contributed by atoms with Crippen molar-refractivity contribution < 1.29 is 8.42 Å². The largest absolute Gasteiger partial charge is 0.312 e. The highest BCUT2D eigenvalue weighted by molar-refractivity contribution is 7.91. The Bertz CT molecular complexity index is 661. The van der Waals surface area contributed by atoms with Gasteiger partial charge in [0.1, 0.15) is 4.21 Å². The van der Waals surface area contributed by atoms with Crippen LogP contribution in [0, 0.1) is 0 Å². The zero-order valence-electron chi connectivity index (χ0n) is 11.5.